The van der Waals surface area contributed by atoms with Gasteiger partial charge in [0.2, 0.25) is 0 Å². The van der Waals surface area contributed by atoms with Crippen LogP contribution in [0.15, 0.2) is 12.5 Å². The van der Waals surface area contributed by atoms with Crippen LogP contribution in [0.1, 0.15) is 32.2 Å². The quantitative estimate of drug-likeness (QED) is 0.629. The fourth-order valence-electron chi connectivity index (χ4n) is 1.62. The first kappa shape index (κ1) is 6.89. The lowest BCUT2D eigenvalue weighted by Crippen LogP contribution is -2.21. The first-order valence-corrected chi connectivity index (χ1v) is 4.27. The molecule has 0 unspecified atom stereocenters. The Morgan fingerprint density at radius 2 is 2.45 bits per heavy atom. The lowest BCUT2D eigenvalue weighted by atomic mass is 9.80. The fourth-order valence-corrected chi connectivity index (χ4v) is 1.62. The van der Waals surface area contributed by atoms with Crippen molar-refractivity contribution in [3.8, 4) is 0 Å². The number of imidazole rings is 1. The molecule has 11 heavy (non-hydrogen) atoms. The van der Waals surface area contributed by atoms with Gasteiger partial charge in [0.25, 0.3) is 0 Å². The van der Waals surface area contributed by atoms with E-state index in [1.165, 1.54) is 19.3 Å². The molecule has 1 fully saturated rings. The van der Waals surface area contributed by atoms with Crippen LogP contribution in [-0.4, -0.2) is 9.55 Å². The summed E-state index contributed by atoms with van der Waals surface area (Å²) in [7, 11) is 0. The van der Waals surface area contributed by atoms with Gasteiger partial charge in [-0.25, -0.2) is 4.98 Å². The molecule has 0 bridgehead atoms. The molecule has 0 N–H and O–H groups in total. The summed E-state index contributed by atoms with van der Waals surface area (Å²) < 4.78 is 2.16. The van der Waals surface area contributed by atoms with Crippen LogP contribution in [-0.2, 0) is 0 Å². The summed E-state index contributed by atoms with van der Waals surface area (Å²) in [4.78, 5) is 3.92. The Morgan fingerprint density at radius 1 is 1.64 bits per heavy atom. The normalized spacial score (nSPS) is 21.2. The second-order valence-electron chi connectivity index (χ2n) is 3.38. The second-order valence-corrected chi connectivity index (χ2v) is 3.38. The standard InChI is InChI=1S/C9H13N2/c1-8(9-3-2-4-9)11-6-5-10-7-11/h6-9H,2-4H2,1H3/t8-/m1/s1. The SMILES string of the molecule is C[C@H](C1CCC1)n1c[c]nc1. The molecule has 1 aromatic rings. The van der Waals surface area contributed by atoms with Gasteiger partial charge in [0.1, 0.15) is 6.20 Å². The maximum Gasteiger partial charge on any atom is 0.108 e. The lowest BCUT2D eigenvalue weighted by molar-refractivity contribution is 0.222. The van der Waals surface area contributed by atoms with E-state index in [1.807, 2.05) is 12.5 Å². The maximum absolute atomic E-state index is 3.92. The van der Waals surface area contributed by atoms with Gasteiger partial charge in [0.05, 0.1) is 6.33 Å². The molecular formula is C9H13N2. The zero-order chi connectivity index (χ0) is 7.68. The van der Waals surface area contributed by atoms with Crippen LogP contribution in [0.3, 0.4) is 0 Å². The van der Waals surface area contributed by atoms with Gasteiger partial charge in [0.15, 0.2) is 0 Å². The molecule has 1 aliphatic rings. The third-order valence-electron chi connectivity index (χ3n) is 2.77. The fraction of sp³-hybridized carbons (Fsp3) is 0.667. The summed E-state index contributed by atoms with van der Waals surface area (Å²) in [5.41, 5.74) is 0. The largest absolute Gasteiger partial charge is 0.334 e. The summed E-state index contributed by atoms with van der Waals surface area (Å²) in [5, 5.41) is 0. The van der Waals surface area contributed by atoms with Gasteiger partial charge in [-0.2, -0.15) is 0 Å². The van der Waals surface area contributed by atoms with Gasteiger partial charge in [-0.15, -0.1) is 0 Å². The molecule has 2 nitrogen and oxygen atoms in total. The Labute approximate surface area is 67.3 Å². The molecule has 1 atom stereocenters. The second kappa shape index (κ2) is 2.68. The minimum atomic E-state index is 0.627. The molecular weight excluding hydrogens is 136 g/mol. The Balaban J connectivity index is 2.04. The molecule has 1 aliphatic carbocycles. The van der Waals surface area contributed by atoms with Crippen molar-refractivity contribution in [1.82, 2.24) is 9.55 Å². The molecule has 0 aliphatic heterocycles. The van der Waals surface area contributed by atoms with E-state index in [1.54, 1.807) is 0 Å². The molecule has 1 heterocycles. The van der Waals surface area contributed by atoms with Crippen LogP contribution in [0.4, 0.5) is 0 Å². The van der Waals surface area contributed by atoms with Crippen molar-refractivity contribution in [3.63, 3.8) is 0 Å². The summed E-state index contributed by atoms with van der Waals surface area (Å²) in [6.45, 7) is 2.26. The number of nitrogens with zero attached hydrogens (tertiary/aromatic N) is 2. The van der Waals surface area contributed by atoms with Gasteiger partial charge >= 0.3 is 0 Å². The molecule has 2 rings (SSSR count). The summed E-state index contributed by atoms with van der Waals surface area (Å²) in [6, 6.07) is 0.627. The van der Waals surface area contributed by atoms with Crippen LogP contribution in [0, 0.1) is 12.1 Å². The molecule has 0 amide bonds. The van der Waals surface area contributed by atoms with E-state index in [2.05, 4.69) is 22.7 Å². The van der Waals surface area contributed by atoms with Gasteiger partial charge < -0.3 is 4.57 Å². The molecule has 1 aromatic heterocycles. The Kier molecular flexibility index (Phi) is 1.68. The van der Waals surface area contributed by atoms with Crippen molar-refractivity contribution in [2.24, 2.45) is 5.92 Å². The highest BCUT2D eigenvalue weighted by molar-refractivity contribution is 4.84. The molecule has 1 saturated carbocycles. The first-order valence-electron chi connectivity index (χ1n) is 4.27. The lowest BCUT2D eigenvalue weighted by Gasteiger charge is -2.31. The van der Waals surface area contributed by atoms with E-state index in [4.69, 9.17) is 0 Å². The van der Waals surface area contributed by atoms with Crippen LogP contribution in [0.5, 0.6) is 0 Å². The van der Waals surface area contributed by atoms with Crippen LogP contribution < -0.4 is 0 Å². The zero-order valence-electron chi connectivity index (χ0n) is 6.83. The van der Waals surface area contributed by atoms with Crippen molar-refractivity contribution in [3.05, 3.63) is 18.7 Å². The van der Waals surface area contributed by atoms with Crippen molar-refractivity contribution < 1.29 is 0 Å². The molecule has 0 spiro atoms. The summed E-state index contributed by atoms with van der Waals surface area (Å²) in [5.74, 6) is 0.887. The summed E-state index contributed by atoms with van der Waals surface area (Å²) >= 11 is 0. The van der Waals surface area contributed by atoms with E-state index in [0.29, 0.717) is 6.04 Å². The van der Waals surface area contributed by atoms with E-state index in [0.717, 1.165) is 5.92 Å². The van der Waals surface area contributed by atoms with E-state index >= 15 is 0 Å². The van der Waals surface area contributed by atoms with Crippen molar-refractivity contribution >= 4 is 0 Å². The van der Waals surface area contributed by atoms with E-state index in [-0.39, 0.29) is 0 Å². The highest BCUT2D eigenvalue weighted by Crippen LogP contribution is 2.35. The van der Waals surface area contributed by atoms with E-state index < -0.39 is 0 Å². The van der Waals surface area contributed by atoms with Crippen molar-refractivity contribution in [1.29, 1.82) is 0 Å². The number of aromatic nitrogens is 2. The number of hydrogen-bond donors (Lipinski definition) is 0. The molecule has 59 valence electrons. The monoisotopic (exact) mass is 149 g/mol. The molecule has 0 aromatic carbocycles. The highest BCUT2D eigenvalue weighted by Gasteiger charge is 2.24. The minimum Gasteiger partial charge on any atom is -0.334 e. The first-order chi connectivity index (χ1) is 5.38. The number of hydrogen-bond acceptors (Lipinski definition) is 1. The average molecular weight is 149 g/mol. The Morgan fingerprint density at radius 3 is 2.91 bits per heavy atom. The topological polar surface area (TPSA) is 17.8 Å². The van der Waals surface area contributed by atoms with Crippen molar-refractivity contribution in [2.45, 2.75) is 32.2 Å². The highest BCUT2D eigenvalue weighted by atomic mass is 15.0. The van der Waals surface area contributed by atoms with Gasteiger partial charge in [-0.1, -0.05) is 6.42 Å². The van der Waals surface area contributed by atoms with Crippen LogP contribution >= 0.6 is 0 Å². The van der Waals surface area contributed by atoms with Gasteiger partial charge in [0, 0.05) is 12.2 Å². The van der Waals surface area contributed by atoms with Crippen LogP contribution in [0.25, 0.3) is 0 Å². The third-order valence-corrected chi connectivity index (χ3v) is 2.77. The van der Waals surface area contributed by atoms with Crippen molar-refractivity contribution in [2.75, 3.05) is 0 Å². The number of rotatable bonds is 2. The average Bonchev–Trinajstić information content (AvgIpc) is 2.32. The smallest absolute Gasteiger partial charge is 0.108 e. The molecule has 0 saturated heterocycles. The maximum atomic E-state index is 3.92. The predicted octanol–water partition coefficient (Wildman–Crippen LogP) is 2.04. The van der Waals surface area contributed by atoms with Crippen LogP contribution in [0.2, 0.25) is 0 Å². The molecule has 2 heteroatoms. The zero-order valence-corrected chi connectivity index (χ0v) is 6.83. The minimum absolute atomic E-state index is 0.627. The predicted molar refractivity (Wildman–Crippen MR) is 43.1 cm³/mol. The van der Waals surface area contributed by atoms with Gasteiger partial charge in [-0.3, -0.25) is 0 Å². The van der Waals surface area contributed by atoms with E-state index in [9.17, 15) is 0 Å². The van der Waals surface area contributed by atoms with Gasteiger partial charge in [-0.05, 0) is 25.7 Å². The Bertz CT molecular complexity index is 211. The third kappa shape index (κ3) is 1.17. The Hall–Kier alpha value is -0.790. The summed E-state index contributed by atoms with van der Waals surface area (Å²) in [6.07, 6.45) is 10.8. The molecule has 1 radical (unpaired) electrons.